The van der Waals surface area contributed by atoms with Gasteiger partial charge in [0.05, 0.1) is 23.6 Å². The van der Waals surface area contributed by atoms with Crippen molar-refractivity contribution in [3.8, 4) is 5.69 Å². The van der Waals surface area contributed by atoms with Gasteiger partial charge in [0.25, 0.3) is 10.0 Å². The van der Waals surface area contributed by atoms with E-state index in [1.54, 1.807) is 30.1 Å². The van der Waals surface area contributed by atoms with Crippen molar-refractivity contribution in [2.45, 2.75) is 44.3 Å². The Morgan fingerprint density at radius 3 is 2.53 bits per heavy atom. The van der Waals surface area contributed by atoms with Crippen LogP contribution in [0.3, 0.4) is 0 Å². The second kappa shape index (κ2) is 9.38. The quantitative estimate of drug-likeness (QED) is 0.394. The Kier molecular flexibility index (Phi) is 6.39. The molecule has 0 unspecified atom stereocenters. The minimum absolute atomic E-state index is 0.0338. The highest BCUT2D eigenvalue weighted by molar-refractivity contribution is 7.89. The van der Waals surface area contributed by atoms with Crippen molar-refractivity contribution in [1.82, 2.24) is 34.0 Å². The van der Waals surface area contributed by atoms with E-state index in [4.69, 9.17) is 0 Å². The number of aryl methyl sites for hydroxylation is 2. The molecule has 190 valence electrons. The molecule has 0 saturated carbocycles. The van der Waals surface area contributed by atoms with E-state index in [1.165, 1.54) is 27.4 Å². The fourth-order valence-electron chi connectivity index (χ4n) is 4.95. The maximum Gasteiger partial charge on any atom is 0.264 e. The Balaban J connectivity index is 1.54. The molecule has 36 heavy (non-hydrogen) atoms. The van der Waals surface area contributed by atoms with Crippen LogP contribution < -0.4 is 0 Å². The Morgan fingerprint density at radius 2 is 1.86 bits per heavy atom. The normalized spacial score (nSPS) is 18.6. The predicted molar refractivity (Wildman–Crippen MR) is 135 cm³/mol. The molecule has 3 heterocycles. The van der Waals surface area contributed by atoms with Crippen molar-refractivity contribution in [3.05, 3.63) is 65.7 Å². The van der Waals surface area contributed by atoms with Gasteiger partial charge in [0.2, 0.25) is 5.03 Å². The highest BCUT2D eigenvalue weighted by Crippen LogP contribution is 2.35. The Labute approximate surface area is 210 Å². The van der Waals surface area contributed by atoms with Crippen LogP contribution in [0.2, 0.25) is 0 Å². The van der Waals surface area contributed by atoms with E-state index in [0.717, 1.165) is 34.1 Å². The molecule has 4 aromatic rings. The topological polar surface area (TPSA) is 89.2 Å². The second-order valence-electron chi connectivity index (χ2n) is 9.35. The van der Waals surface area contributed by atoms with Crippen LogP contribution in [0, 0.1) is 12.7 Å². The summed E-state index contributed by atoms with van der Waals surface area (Å²) >= 11 is 0. The van der Waals surface area contributed by atoms with E-state index in [9.17, 15) is 12.8 Å². The molecular weight excluding hydrogens is 481 g/mol. The highest BCUT2D eigenvalue weighted by atomic mass is 32.2. The van der Waals surface area contributed by atoms with Gasteiger partial charge in [0, 0.05) is 44.2 Å². The van der Waals surface area contributed by atoms with Gasteiger partial charge in [0.15, 0.2) is 0 Å². The summed E-state index contributed by atoms with van der Waals surface area (Å²) in [5.74, 6) is -0.294. The number of halogens is 1. The first-order chi connectivity index (χ1) is 17.2. The van der Waals surface area contributed by atoms with Crippen LogP contribution in [-0.4, -0.2) is 68.1 Å². The number of hydrogen-bond acceptors (Lipinski definition) is 6. The third kappa shape index (κ3) is 4.31. The molecule has 11 heteroatoms. The zero-order chi connectivity index (χ0) is 25.6. The van der Waals surface area contributed by atoms with Crippen molar-refractivity contribution in [1.29, 1.82) is 0 Å². The van der Waals surface area contributed by atoms with Crippen LogP contribution in [0.4, 0.5) is 4.39 Å². The monoisotopic (exact) mass is 511 g/mol. The molecule has 9 nitrogen and oxygen atoms in total. The summed E-state index contributed by atoms with van der Waals surface area (Å²) in [6.45, 7) is 7.70. The highest BCUT2D eigenvalue weighted by Gasteiger charge is 2.38. The first-order valence-electron chi connectivity index (χ1n) is 12.1. The van der Waals surface area contributed by atoms with Crippen LogP contribution in [0.1, 0.15) is 37.4 Å². The summed E-state index contributed by atoms with van der Waals surface area (Å²) in [6.07, 6.45) is 4.05. The average molecular weight is 512 g/mol. The molecule has 0 amide bonds. The Hall–Kier alpha value is -3.15. The minimum Gasteiger partial charge on any atom is -0.291 e. The molecule has 1 saturated heterocycles. The Morgan fingerprint density at radius 1 is 1.11 bits per heavy atom. The molecular formula is C25H30FN7O2S. The minimum atomic E-state index is -3.76. The maximum atomic E-state index is 13.4. The fraction of sp³-hybridized carbons (Fsp3) is 0.400. The molecule has 5 rings (SSSR count). The molecule has 1 aliphatic rings. The Bertz CT molecular complexity index is 1500. The fourth-order valence-corrected chi connectivity index (χ4v) is 6.28. The lowest BCUT2D eigenvalue weighted by Gasteiger charge is -2.44. The van der Waals surface area contributed by atoms with E-state index < -0.39 is 10.0 Å². The zero-order valence-corrected chi connectivity index (χ0v) is 21.7. The number of aromatic nitrogens is 5. The lowest BCUT2D eigenvalue weighted by molar-refractivity contribution is 0.0778. The average Bonchev–Trinajstić information content (AvgIpc) is 3.49. The number of fused-ring (bicyclic) bond motifs is 1. The zero-order valence-electron chi connectivity index (χ0n) is 20.8. The van der Waals surface area contributed by atoms with Gasteiger partial charge in [-0.1, -0.05) is 6.92 Å². The van der Waals surface area contributed by atoms with Crippen LogP contribution in [-0.2, 0) is 17.1 Å². The first kappa shape index (κ1) is 24.5. The van der Waals surface area contributed by atoms with E-state index >= 15 is 0 Å². The molecule has 0 spiro atoms. The third-order valence-electron chi connectivity index (χ3n) is 7.11. The van der Waals surface area contributed by atoms with Crippen molar-refractivity contribution in [3.63, 3.8) is 0 Å². The number of hydrogen-bond donors (Lipinski definition) is 0. The van der Waals surface area contributed by atoms with Crippen molar-refractivity contribution >= 4 is 20.9 Å². The summed E-state index contributed by atoms with van der Waals surface area (Å²) in [5, 5.41) is 13.5. The van der Waals surface area contributed by atoms with Crippen LogP contribution in [0.15, 0.2) is 53.8 Å². The maximum absolute atomic E-state index is 13.4. The molecule has 1 fully saturated rings. The van der Waals surface area contributed by atoms with Gasteiger partial charge in [-0.2, -0.15) is 19.3 Å². The lowest BCUT2D eigenvalue weighted by Crippen LogP contribution is -2.53. The smallest absolute Gasteiger partial charge is 0.264 e. The standard InChI is InChI=1S/C25H30FN7O2S/c1-5-18(3)32-11-10-31(36(34,35)25-15-27-30(4)29-25)16-24(32)22-13-19-14-28-33(23(19)12-17(22)2)21-8-6-20(26)7-9-21/h6-9,12-15,18,24H,5,10-11,16H2,1-4H3/t18-,24+/m1/s1. The van der Waals surface area contributed by atoms with Gasteiger partial charge < -0.3 is 0 Å². The summed E-state index contributed by atoms with van der Waals surface area (Å²) < 4.78 is 43.5. The SMILES string of the molecule is CC[C@@H](C)N1CCN(S(=O)(=O)c2cnn(C)n2)C[C@H]1c1cc2cnn(-c3ccc(F)cc3)c2cc1C. The third-order valence-corrected chi connectivity index (χ3v) is 8.84. The summed E-state index contributed by atoms with van der Waals surface area (Å²) in [5.41, 5.74) is 3.81. The molecule has 0 N–H and O–H groups in total. The summed E-state index contributed by atoms with van der Waals surface area (Å²) in [4.78, 5) is 3.65. The van der Waals surface area contributed by atoms with Crippen molar-refractivity contribution < 1.29 is 12.8 Å². The number of rotatable bonds is 6. The largest absolute Gasteiger partial charge is 0.291 e. The van der Waals surface area contributed by atoms with E-state index in [1.807, 2.05) is 6.92 Å². The van der Waals surface area contributed by atoms with Gasteiger partial charge in [-0.3, -0.25) is 4.90 Å². The summed E-state index contributed by atoms with van der Waals surface area (Å²) in [6, 6.07) is 10.6. The van der Waals surface area contributed by atoms with Gasteiger partial charge >= 0.3 is 0 Å². The molecule has 1 aliphatic heterocycles. The van der Waals surface area contributed by atoms with Crippen LogP contribution >= 0.6 is 0 Å². The van der Waals surface area contributed by atoms with E-state index in [-0.39, 0.29) is 22.9 Å². The molecule has 0 aliphatic carbocycles. The first-order valence-corrected chi connectivity index (χ1v) is 13.5. The molecule has 0 bridgehead atoms. The number of benzene rings is 2. The van der Waals surface area contributed by atoms with Crippen LogP contribution in [0.5, 0.6) is 0 Å². The van der Waals surface area contributed by atoms with Crippen molar-refractivity contribution in [2.24, 2.45) is 7.05 Å². The van der Waals surface area contributed by atoms with Crippen LogP contribution in [0.25, 0.3) is 16.6 Å². The summed E-state index contributed by atoms with van der Waals surface area (Å²) in [7, 11) is -2.16. The number of nitrogens with zero attached hydrogens (tertiary/aromatic N) is 7. The predicted octanol–water partition coefficient (Wildman–Crippen LogP) is 3.45. The van der Waals surface area contributed by atoms with Gasteiger partial charge in [-0.25, -0.2) is 17.5 Å². The molecule has 2 atom stereocenters. The van der Waals surface area contributed by atoms with Gasteiger partial charge in [-0.15, -0.1) is 5.10 Å². The molecule has 0 radical (unpaired) electrons. The van der Waals surface area contributed by atoms with Gasteiger partial charge in [-0.05, 0) is 67.8 Å². The number of sulfonamides is 1. The van der Waals surface area contributed by atoms with E-state index in [2.05, 4.69) is 46.2 Å². The lowest BCUT2D eigenvalue weighted by atomic mass is 9.95. The van der Waals surface area contributed by atoms with Gasteiger partial charge in [0.1, 0.15) is 5.82 Å². The number of piperazine rings is 1. The molecule has 2 aromatic carbocycles. The van der Waals surface area contributed by atoms with E-state index in [0.29, 0.717) is 19.6 Å². The second-order valence-corrected chi connectivity index (χ2v) is 11.2. The molecule has 2 aromatic heterocycles. The van der Waals surface area contributed by atoms with Crippen molar-refractivity contribution in [2.75, 3.05) is 19.6 Å².